The third kappa shape index (κ3) is 4.04. The van der Waals surface area contributed by atoms with Crippen LogP contribution < -0.4 is 10.6 Å². The van der Waals surface area contributed by atoms with Crippen molar-refractivity contribution in [2.75, 3.05) is 20.6 Å². The molecule has 0 amide bonds. The molecule has 0 aromatic carbocycles. The molecule has 1 saturated carbocycles. The molecule has 0 aromatic rings. The van der Waals surface area contributed by atoms with Crippen molar-refractivity contribution >= 4 is 5.96 Å². The zero-order valence-corrected chi connectivity index (χ0v) is 10.6. The Morgan fingerprint density at radius 3 is 2.67 bits per heavy atom. The van der Waals surface area contributed by atoms with Gasteiger partial charge in [-0.1, -0.05) is 0 Å². The maximum Gasteiger partial charge on any atom is 0.391 e. The largest absolute Gasteiger partial charge is 0.391 e. The zero-order valence-electron chi connectivity index (χ0n) is 10.6. The third-order valence-corrected chi connectivity index (χ3v) is 3.33. The molecule has 0 aliphatic heterocycles. The maximum atomic E-state index is 12.6. The van der Waals surface area contributed by atoms with Gasteiger partial charge in [-0.25, -0.2) is 0 Å². The van der Waals surface area contributed by atoms with Crippen LogP contribution in [-0.2, 0) is 0 Å². The lowest BCUT2D eigenvalue weighted by molar-refractivity contribution is -0.199. The average Bonchev–Trinajstić information content (AvgIpc) is 2.29. The molecule has 0 heterocycles. The fourth-order valence-corrected chi connectivity index (χ4v) is 2.31. The van der Waals surface area contributed by atoms with Crippen LogP contribution in [0.2, 0.25) is 0 Å². The molecule has 1 aliphatic carbocycles. The van der Waals surface area contributed by atoms with E-state index in [4.69, 9.17) is 0 Å². The fraction of sp³-hybridized carbons (Fsp3) is 0.909. The SMILES string of the molecule is CN=C(NC)NCC1(O)CCCC(C(F)(F)F)C1. The van der Waals surface area contributed by atoms with Crippen molar-refractivity contribution < 1.29 is 18.3 Å². The van der Waals surface area contributed by atoms with Gasteiger partial charge in [0.2, 0.25) is 0 Å². The predicted octanol–water partition coefficient (Wildman–Crippen LogP) is 1.26. The summed E-state index contributed by atoms with van der Waals surface area (Å²) in [5, 5.41) is 15.8. The van der Waals surface area contributed by atoms with Crippen LogP contribution in [0.3, 0.4) is 0 Å². The van der Waals surface area contributed by atoms with E-state index < -0.39 is 17.7 Å². The van der Waals surface area contributed by atoms with E-state index in [1.54, 1.807) is 14.1 Å². The Morgan fingerprint density at radius 2 is 2.17 bits per heavy atom. The van der Waals surface area contributed by atoms with E-state index in [1.807, 2.05) is 0 Å². The second kappa shape index (κ2) is 5.77. The second-order valence-electron chi connectivity index (χ2n) is 4.73. The highest BCUT2D eigenvalue weighted by atomic mass is 19.4. The minimum Gasteiger partial charge on any atom is -0.388 e. The number of alkyl halides is 3. The van der Waals surface area contributed by atoms with E-state index in [9.17, 15) is 18.3 Å². The van der Waals surface area contributed by atoms with Gasteiger partial charge in [0.1, 0.15) is 0 Å². The van der Waals surface area contributed by atoms with Crippen molar-refractivity contribution in [3.8, 4) is 0 Å². The van der Waals surface area contributed by atoms with Crippen LogP contribution in [-0.4, -0.2) is 43.5 Å². The molecule has 2 atom stereocenters. The van der Waals surface area contributed by atoms with Crippen molar-refractivity contribution in [1.82, 2.24) is 10.6 Å². The lowest BCUT2D eigenvalue weighted by atomic mass is 9.77. The molecular formula is C11H20F3N3O. The highest BCUT2D eigenvalue weighted by molar-refractivity contribution is 5.79. The topological polar surface area (TPSA) is 56.7 Å². The Balaban J connectivity index is 2.58. The molecule has 1 fully saturated rings. The van der Waals surface area contributed by atoms with Gasteiger partial charge in [0.15, 0.2) is 5.96 Å². The molecule has 106 valence electrons. The highest BCUT2D eigenvalue weighted by Gasteiger charge is 2.46. The number of hydrogen-bond acceptors (Lipinski definition) is 2. The number of aliphatic hydroxyl groups is 1. The van der Waals surface area contributed by atoms with E-state index in [0.29, 0.717) is 18.8 Å². The van der Waals surface area contributed by atoms with Crippen LogP contribution in [0.25, 0.3) is 0 Å². The Morgan fingerprint density at radius 1 is 1.50 bits per heavy atom. The minimum absolute atomic E-state index is 0.0765. The van der Waals surface area contributed by atoms with Gasteiger partial charge in [0, 0.05) is 20.6 Å². The number of guanidine groups is 1. The summed E-state index contributed by atoms with van der Waals surface area (Å²) >= 11 is 0. The number of halogens is 3. The average molecular weight is 267 g/mol. The quantitative estimate of drug-likeness (QED) is 0.521. The van der Waals surface area contributed by atoms with E-state index in [-0.39, 0.29) is 19.4 Å². The zero-order chi connectivity index (χ0) is 13.8. The molecule has 1 rings (SSSR count). The summed E-state index contributed by atoms with van der Waals surface area (Å²) in [7, 11) is 3.21. The summed E-state index contributed by atoms with van der Waals surface area (Å²) in [6.45, 7) is 0.0765. The van der Waals surface area contributed by atoms with Crippen LogP contribution in [0.1, 0.15) is 25.7 Å². The lowest BCUT2D eigenvalue weighted by Crippen LogP contribution is -2.50. The standard InChI is InChI=1S/C11H20F3N3O/c1-15-9(16-2)17-7-10(18)5-3-4-8(6-10)11(12,13)14/h8,18H,3-7H2,1-2H3,(H2,15,16,17). The van der Waals surface area contributed by atoms with Gasteiger partial charge in [-0.3, -0.25) is 4.99 Å². The van der Waals surface area contributed by atoms with Crippen molar-refractivity contribution in [1.29, 1.82) is 0 Å². The molecule has 7 heteroatoms. The molecule has 0 saturated heterocycles. The van der Waals surface area contributed by atoms with Crippen LogP contribution in [0.15, 0.2) is 4.99 Å². The monoisotopic (exact) mass is 267 g/mol. The Kier molecular flexibility index (Phi) is 4.84. The number of nitrogens with zero attached hydrogens (tertiary/aromatic N) is 1. The van der Waals surface area contributed by atoms with Gasteiger partial charge in [-0.15, -0.1) is 0 Å². The molecule has 1 aliphatic rings. The molecule has 0 radical (unpaired) electrons. The van der Waals surface area contributed by atoms with Crippen LogP contribution >= 0.6 is 0 Å². The Labute approximate surface area is 105 Å². The maximum absolute atomic E-state index is 12.6. The first-order chi connectivity index (χ1) is 8.30. The summed E-state index contributed by atoms with van der Waals surface area (Å²) in [5.74, 6) is -0.952. The third-order valence-electron chi connectivity index (χ3n) is 3.33. The predicted molar refractivity (Wildman–Crippen MR) is 63.4 cm³/mol. The normalized spacial score (nSPS) is 30.1. The smallest absolute Gasteiger partial charge is 0.388 e. The fourth-order valence-electron chi connectivity index (χ4n) is 2.31. The van der Waals surface area contributed by atoms with Gasteiger partial charge >= 0.3 is 6.18 Å². The molecule has 18 heavy (non-hydrogen) atoms. The minimum atomic E-state index is -4.22. The highest BCUT2D eigenvalue weighted by Crippen LogP contribution is 2.41. The summed E-state index contributed by atoms with van der Waals surface area (Å²) in [4.78, 5) is 3.85. The van der Waals surface area contributed by atoms with Crippen molar-refractivity contribution in [3.63, 3.8) is 0 Å². The van der Waals surface area contributed by atoms with E-state index in [2.05, 4.69) is 15.6 Å². The number of aliphatic imine (C=N–C) groups is 1. The van der Waals surface area contributed by atoms with Gasteiger partial charge in [0.05, 0.1) is 11.5 Å². The Hall–Kier alpha value is -0.980. The van der Waals surface area contributed by atoms with Crippen molar-refractivity contribution in [2.45, 2.75) is 37.5 Å². The first-order valence-corrected chi connectivity index (χ1v) is 5.98. The van der Waals surface area contributed by atoms with Crippen molar-refractivity contribution in [3.05, 3.63) is 0 Å². The van der Waals surface area contributed by atoms with Crippen LogP contribution in [0.5, 0.6) is 0 Å². The van der Waals surface area contributed by atoms with E-state index >= 15 is 0 Å². The summed E-state index contributed by atoms with van der Waals surface area (Å²) in [6, 6.07) is 0. The lowest BCUT2D eigenvalue weighted by Gasteiger charge is -2.37. The molecule has 2 unspecified atom stereocenters. The van der Waals surface area contributed by atoms with Gasteiger partial charge in [0.25, 0.3) is 0 Å². The van der Waals surface area contributed by atoms with Crippen molar-refractivity contribution in [2.24, 2.45) is 10.9 Å². The van der Waals surface area contributed by atoms with Gasteiger partial charge in [-0.05, 0) is 25.7 Å². The van der Waals surface area contributed by atoms with Crippen LogP contribution in [0, 0.1) is 5.92 Å². The van der Waals surface area contributed by atoms with E-state index in [1.165, 1.54) is 0 Å². The summed E-state index contributed by atoms with van der Waals surface area (Å²) in [5.41, 5.74) is -1.31. The molecule has 4 nitrogen and oxygen atoms in total. The first-order valence-electron chi connectivity index (χ1n) is 5.98. The molecular weight excluding hydrogens is 247 g/mol. The summed E-state index contributed by atoms with van der Waals surface area (Å²) < 4.78 is 37.9. The molecule has 3 N–H and O–H groups in total. The molecule has 0 bridgehead atoms. The number of hydrogen-bond donors (Lipinski definition) is 3. The van der Waals surface area contributed by atoms with Gasteiger partial charge in [-0.2, -0.15) is 13.2 Å². The number of rotatable bonds is 2. The molecule has 0 spiro atoms. The Bertz CT molecular complexity index is 306. The van der Waals surface area contributed by atoms with Gasteiger partial charge < -0.3 is 15.7 Å². The van der Waals surface area contributed by atoms with E-state index in [0.717, 1.165) is 0 Å². The second-order valence-corrected chi connectivity index (χ2v) is 4.73. The van der Waals surface area contributed by atoms with Crippen LogP contribution in [0.4, 0.5) is 13.2 Å². The first kappa shape index (κ1) is 15.1. The number of nitrogens with one attached hydrogen (secondary N) is 2. The summed E-state index contributed by atoms with van der Waals surface area (Å²) in [6.07, 6.45) is -3.59. The molecule has 0 aromatic heterocycles.